The number of aliphatic hydroxyl groups is 1. The quantitative estimate of drug-likeness (QED) is 0.183. The molecule has 0 amide bonds. The van der Waals surface area contributed by atoms with Gasteiger partial charge in [-0.05, 0) is 59.9 Å². The molecule has 0 aliphatic heterocycles. The molecule has 0 aliphatic rings. The molecule has 4 aromatic carbocycles. The molecule has 4 rings (SSSR count). The predicted octanol–water partition coefficient (Wildman–Crippen LogP) is 6.92. The average Bonchev–Trinajstić information content (AvgIpc) is 2.98. The lowest BCUT2D eigenvalue weighted by Crippen LogP contribution is -2.33. The second-order valence-electron chi connectivity index (χ2n) is 9.64. The van der Waals surface area contributed by atoms with E-state index in [2.05, 4.69) is 13.0 Å². The molecule has 5 nitrogen and oxygen atoms in total. The summed E-state index contributed by atoms with van der Waals surface area (Å²) in [5.41, 5.74) is 3.62. The highest BCUT2D eigenvalue weighted by Crippen LogP contribution is 2.26. The predicted molar refractivity (Wildman–Crippen MR) is 163 cm³/mol. The summed E-state index contributed by atoms with van der Waals surface area (Å²) in [4.78, 5) is 0.250. The van der Waals surface area contributed by atoms with Gasteiger partial charge in [0.25, 0.3) is 10.0 Å². The van der Waals surface area contributed by atoms with Gasteiger partial charge in [-0.3, -0.25) is 4.31 Å². The van der Waals surface area contributed by atoms with Crippen LogP contribution in [0, 0.1) is 0 Å². The van der Waals surface area contributed by atoms with E-state index in [1.165, 1.54) is 9.87 Å². The van der Waals surface area contributed by atoms with Gasteiger partial charge in [-0.1, -0.05) is 104 Å². The third-order valence-electron chi connectivity index (χ3n) is 6.61. The zero-order chi connectivity index (χ0) is 28.2. The Kier molecular flexibility index (Phi) is 10.6. The smallest absolute Gasteiger partial charge is 0.264 e. The average molecular weight is 556 g/mol. The van der Waals surface area contributed by atoms with Crippen LogP contribution in [-0.2, 0) is 22.9 Å². The second-order valence-corrected chi connectivity index (χ2v) is 11.5. The van der Waals surface area contributed by atoms with E-state index in [4.69, 9.17) is 4.74 Å². The van der Waals surface area contributed by atoms with Gasteiger partial charge in [0.2, 0.25) is 0 Å². The minimum Gasteiger partial charge on any atom is -0.493 e. The maximum atomic E-state index is 13.7. The highest BCUT2D eigenvalue weighted by Gasteiger charge is 2.24. The first-order valence-corrected chi connectivity index (χ1v) is 15.2. The fourth-order valence-corrected chi connectivity index (χ4v) is 5.97. The topological polar surface area (TPSA) is 66.8 Å². The van der Waals surface area contributed by atoms with Gasteiger partial charge in [-0.25, -0.2) is 8.42 Å². The van der Waals surface area contributed by atoms with E-state index < -0.39 is 16.1 Å². The molecular formula is C34H37NO4S. The summed E-state index contributed by atoms with van der Waals surface area (Å²) in [6.45, 7) is 2.84. The van der Waals surface area contributed by atoms with Crippen molar-refractivity contribution in [1.29, 1.82) is 0 Å². The van der Waals surface area contributed by atoms with Crippen LogP contribution in [0.2, 0.25) is 0 Å². The van der Waals surface area contributed by atoms with E-state index in [1.54, 1.807) is 42.5 Å². The van der Waals surface area contributed by atoms with Crippen molar-refractivity contribution in [3.8, 4) is 5.75 Å². The Morgan fingerprint density at radius 2 is 1.55 bits per heavy atom. The van der Waals surface area contributed by atoms with E-state index in [0.29, 0.717) is 31.7 Å². The summed E-state index contributed by atoms with van der Waals surface area (Å²) >= 11 is 0. The number of nitrogens with zero attached hydrogens (tertiary/aromatic N) is 1. The monoisotopic (exact) mass is 555 g/mol. The Labute approximate surface area is 238 Å². The van der Waals surface area contributed by atoms with Crippen molar-refractivity contribution in [2.75, 3.05) is 17.5 Å². The van der Waals surface area contributed by atoms with Crippen LogP contribution in [0.4, 0.5) is 5.69 Å². The number of aliphatic hydroxyl groups excluding tert-OH is 1. The largest absolute Gasteiger partial charge is 0.493 e. The maximum Gasteiger partial charge on any atom is 0.264 e. The molecule has 4 aromatic rings. The van der Waals surface area contributed by atoms with E-state index in [0.717, 1.165) is 29.7 Å². The van der Waals surface area contributed by atoms with Crippen molar-refractivity contribution in [2.45, 2.75) is 43.6 Å². The molecule has 1 N–H and O–H groups in total. The molecule has 0 fully saturated rings. The van der Waals surface area contributed by atoms with Gasteiger partial charge in [0.1, 0.15) is 5.75 Å². The summed E-state index contributed by atoms with van der Waals surface area (Å²) in [5.74, 6) is 0.864. The lowest BCUT2D eigenvalue weighted by molar-refractivity contribution is 0.178. The molecule has 40 heavy (non-hydrogen) atoms. The van der Waals surface area contributed by atoms with E-state index >= 15 is 0 Å². The van der Waals surface area contributed by atoms with Crippen LogP contribution in [-0.4, -0.2) is 32.8 Å². The third-order valence-corrected chi connectivity index (χ3v) is 8.45. The number of anilines is 1. The number of aryl methyl sites for hydroxylation is 1. The fourth-order valence-electron chi connectivity index (χ4n) is 4.50. The van der Waals surface area contributed by atoms with Crippen molar-refractivity contribution in [1.82, 2.24) is 0 Å². The Morgan fingerprint density at radius 3 is 2.30 bits per heavy atom. The number of rotatable bonds is 14. The summed E-state index contributed by atoms with van der Waals surface area (Å²) < 4.78 is 34.8. The van der Waals surface area contributed by atoms with Gasteiger partial charge in [0.05, 0.1) is 23.3 Å². The number of ether oxygens (including phenoxy) is 1. The van der Waals surface area contributed by atoms with Crippen molar-refractivity contribution in [3.05, 3.63) is 132 Å². The van der Waals surface area contributed by atoms with Gasteiger partial charge in [-0.2, -0.15) is 0 Å². The summed E-state index contributed by atoms with van der Waals surface area (Å²) in [7, 11) is -3.78. The first kappa shape index (κ1) is 29.1. The normalized spacial score (nSPS) is 12.3. The van der Waals surface area contributed by atoms with Crippen LogP contribution >= 0.6 is 0 Å². The van der Waals surface area contributed by atoms with Gasteiger partial charge >= 0.3 is 0 Å². The van der Waals surface area contributed by atoms with Gasteiger partial charge < -0.3 is 9.84 Å². The van der Waals surface area contributed by atoms with E-state index in [9.17, 15) is 13.5 Å². The fraction of sp³-hybridized carbons (Fsp3) is 0.235. The Morgan fingerprint density at radius 1 is 0.850 bits per heavy atom. The number of hydrogen-bond acceptors (Lipinski definition) is 4. The first-order valence-electron chi connectivity index (χ1n) is 13.8. The molecule has 0 saturated carbocycles. The van der Waals surface area contributed by atoms with Crippen molar-refractivity contribution < 1.29 is 18.3 Å². The number of hydrogen-bond donors (Lipinski definition) is 1. The third kappa shape index (κ3) is 8.07. The van der Waals surface area contributed by atoms with E-state index in [-0.39, 0.29) is 4.90 Å². The minimum atomic E-state index is -3.78. The summed E-state index contributed by atoms with van der Waals surface area (Å²) in [5, 5.41) is 10.6. The van der Waals surface area contributed by atoms with Crippen LogP contribution in [0.15, 0.2) is 120 Å². The molecule has 208 valence electrons. The second kappa shape index (κ2) is 14.5. The van der Waals surface area contributed by atoms with Crippen LogP contribution in [0.3, 0.4) is 0 Å². The summed E-state index contributed by atoms with van der Waals surface area (Å²) in [6, 6.07) is 33.8. The Balaban J connectivity index is 1.46. The minimum absolute atomic E-state index is 0.250. The van der Waals surface area contributed by atoms with Crippen molar-refractivity contribution in [3.63, 3.8) is 0 Å². The van der Waals surface area contributed by atoms with Gasteiger partial charge in [-0.15, -0.1) is 0 Å². The first-order chi connectivity index (χ1) is 19.5. The molecule has 0 saturated heterocycles. The lowest BCUT2D eigenvalue weighted by atomic mass is 10.1. The number of para-hydroxylation sites is 1. The molecular weight excluding hydrogens is 518 g/mol. The van der Waals surface area contributed by atoms with Gasteiger partial charge in [0.15, 0.2) is 0 Å². The van der Waals surface area contributed by atoms with Crippen molar-refractivity contribution in [2.24, 2.45) is 0 Å². The van der Waals surface area contributed by atoms with Gasteiger partial charge in [0, 0.05) is 13.0 Å². The van der Waals surface area contributed by atoms with Crippen LogP contribution in [0.1, 0.15) is 36.5 Å². The highest BCUT2D eigenvalue weighted by molar-refractivity contribution is 7.92. The van der Waals surface area contributed by atoms with E-state index in [1.807, 2.05) is 72.8 Å². The SMILES string of the molecule is CCCc1ccccc1OCC[C@@H](O)/C=C/c1cccc(N(CCc2ccccc2)S(=O)(=O)c2ccccc2)c1. The lowest BCUT2D eigenvalue weighted by Gasteiger charge is -2.25. The molecule has 0 unspecified atom stereocenters. The zero-order valence-electron chi connectivity index (χ0n) is 22.9. The highest BCUT2D eigenvalue weighted by atomic mass is 32.2. The molecule has 1 atom stereocenters. The Bertz CT molecular complexity index is 1470. The molecule has 0 bridgehead atoms. The number of sulfonamides is 1. The maximum absolute atomic E-state index is 13.7. The summed E-state index contributed by atoms with van der Waals surface area (Å²) in [6.07, 6.45) is 5.88. The van der Waals surface area contributed by atoms with Crippen molar-refractivity contribution >= 4 is 21.8 Å². The zero-order valence-corrected chi connectivity index (χ0v) is 23.7. The molecule has 0 spiro atoms. The van der Waals surface area contributed by atoms with Crippen LogP contribution in [0.5, 0.6) is 5.75 Å². The Hall–Kier alpha value is -3.87. The molecule has 0 heterocycles. The molecule has 0 aliphatic carbocycles. The molecule has 0 aromatic heterocycles. The van der Waals surface area contributed by atoms with Crippen LogP contribution in [0.25, 0.3) is 6.08 Å². The molecule has 6 heteroatoms. The standard InChI is InChI=1S/C34H37NO4S/c1-2-12-30-16-9-10-20-34(30)39-26-24-32(36)22-21-29-15-11-17-31(27-29)35(25-23-28-13-5-3-6-14-28)40(37,38)33-18-7-4-8-19-33/h3-11,13-22,27,32,36H,2,12,23-26H2,1H3/b22-21+/t32-/m0/s1. The molecule has 0 radical (unpaired) electrons. The number of benzene rings is 4. The van der Waals surface area contributed by atoms with Crippen LogP contribution < -0.4 is 9.04 Å².